The molecule has 1 aliphatic rings. The van der Waals surface area contributed by atoms with Gasteiger partial charge in [-0.05, 0) is 24.1 Å². The molecule has 21 heavy (non-hydrogen) atoms. The van der Waals surface area contributed by atoms with Gasteiger partial charge in [0.25, 0.3) is 0 Å². The lowest BCUT2D eigenvalue weighted by Crippen LogP contribution is -2.17. The highest BCUT2D eigenvalue weighted by atomic mass is 19.4. The second kappa shape index (κ2) is 5.18. The van der Waals surface area contributed by atoms with Crippen LogP contribution in [0.1, 0.15) is 34.9 Å². The summed E-state index contributed by atoms with van der Waals surface area (Å²) in [6, 6.07) is 4.98. The van der Waals surface area contributed by atoms with Crippen molar-refractivity contribution in [3.8, 4) is 0 Å². The first-order chi connectivity index (χ1) is 9.91. The number of oxazole rings is 1. The van der Waals surface area contributed by atoms with Crippen molar-refractivity contribution >= 4 is 0 Å². The number of rotatable bonds is 2. The molecular weight excluding hydrogens is 283 g/mol. The van der Waals surface area contributed by atoms with Crippen LogP contribution in [0.25, 0.3) is 0 Å². The highest BCUT2D eigenvalue weighted by Crippen LogP contribution is 2.29. The third-order valence-corrected chi connectivity index (χ3v) is 3.59. The summed E-state index contributed by atoms with van der Waals surface area (Å²) in [4.78, 5) is 4.32. The van der Waals surface area contributed by atoms with Crippen molar-refractivity contribution in [2.24, 2.45) is 0 Å². The SMILES string of the molecule is OC1CCc2oc(Cc3ccc(C(F)(F)F)cc3)nc2C1. The van der Waals surface area contributed by atoms with E-state index in [0.29, 0.717) is 37.1 Å². The summed E-state index contributed by atoms with van der Waals surface area (Å²) < 4.78 is 43.1. The summed E-state index contributed by atoms with van der Waals surface area (Å²) in [5.41, 5.74) is 0.805. The molecule has 0 aliphatic heterocycles. The van der Waals surface area contributed by atoms with Crippen molar-refractivity contribution in [2.45, 2.75) is 38.0 Å². The smallest absolute Gasteiger partial charge is 0.416 e. The largest absolute Gasteiger partial charge is 0.445 e. The fourth-order valence-electron chi connectivity index (χ4n) is 2.48. The normalized spacial score (nSPS) is 18.6. The zero-order valence-corrected chi connectivity index (χ0v) is 11.2. The van der Waals surface area contributed by atoms with Gasteiger partial charge in [0.1, 0.15) is 5.76 Å². The van der Waals surface area contributed by atoms with Crippen molar-refractivity contribution < 1.29 is 22.7 Å². The minimum atomic E-state index is -4.32. The maximum Gasteiger partial charge on any atom is 0.416 e. The molecule has 3 rings (SSSR count). The third-order valence-electron chi connectivity index (χ3n) is 3.59. The molecule has 0 bridgehead atoms. The lowest BCUT2D eigenvalue weighted by atomic mass is 9.99. The third kappa shape index (κ3) is 3.10. The molecule has 0 saturated carbocycles. The number of alkyl halides is 3. The highest BCUT2D eigenvalue weighted by Gasteiger charge is 2.30. The van der Waals surface area contributed by atoms with E-state index in [9.17, 15) is 18.3 Å². The van der Waals surface area contributed by atoms with E-state index in [4.69, 9.17) is 4.42 Å². The summed E-state index contributed by atoms with van der Waals surface area (Å²) in [5, 5.41) is 9.57. The van der Waals surface area contributed by atoms with Gasteiger partial charge in [-0.2, -0.15) is 13.2 Å². The molecule has 0 amide bonds. The van der Waals surface area contributed by atoms with Gasteiger partial charge in [0.2, 0.25) is 0 Å². The van der Waals surface area contributed by atoms with Gasteiger partial charge in [0, 0.05) is 19.3 Å². The van der Waals surface area contributed by atoms with Crippen LogP contribution in [0.2, 0.25) is 0 Å². The van der Waals surface area contributed by atoms with E-state index >= 15 is 0 Å². The van der Waals surface area contributed by atoms with E-state index in [-0.39, 0.29) is 6.10 Å². The molecule has 1 atom stereocenters. The quantitative estimate of drug-likeness (QED) is 0.926. The van der Waals surface area contributed by atoms with E-state index in [1.165, 1.54) is 12.1 Å². The summed E-state index contributed by atoms with van der Waals surface area (Å²) in [6.45, 7) is 0. The summed E-state index contributed by atoms with van der Waals surface area (Å²) in [7, 11) is 0. The first-order valence-electron chi connectivity index (χ1n) is 6.73. The number of aliphatic hydroxyl groups excluding tert-OH is 1. The molecule has 0 radical (unpaired) electrons. The Bertz CT molecular complexity index is 631. The minimum Gasteiger partial charge on any atom is -0.445 e. The molecule has 1 aliphatic carbocycles. The molecule has 112 valence electrons. The predicted octanol–water partition coefficient (Wildman–Crippen LogP) is 3.13. The molecule has 0 saturated heterocycles. The van der Waals surface area contributed by atoms with Crippen LogP contribution in [0.15, 0.2) is 28.7 Å². The molecule has 2 aromatic rings. The van der Waals surface area contributed by atoms with Crippen LogP contribution in [-0.2, 0) is 25.4 Å². The van der Waals surface area contributed by atoms with Crippen molar-refractivity contribution in [1.29, 1.82) is 0 Å². The summed E-state index contributed by atoms with van der Waals surface area (Å²) in [6.07, 6.45) is -2.58. The highest BCUT2D eigenvalue weighted by molar-refractivity contribution is 5.27. The second-order valence-corrected chi connectivity index (χ2v) is 5.25. The standard InChI is InChI=1S/C15H14F3NO2/c16-15(17,18)10-3-1-9(2-4-10)7-14-19-12-8-11(20)5-6-13(12)21-14/h1-4,11,20H,5-8H2. The number of aromatic nitrogens is 1. The Labute approximate surface area is 119 Å². The topological polar surface area (TPSA) is 46.3 Å². The summed E-state index contributed by atoms with van der Waals surface area (Å²) >= 11 is 0. The number of hydrogen-bond donors (Lipinski definition) is 1. The van der Waals surface area contributed by atoms with Crippen molar-refractivity contribution in [1.82, 2.24) is 4.98 Å². The molecule has 3 nitrogen and oxygen atoms in total. The van der Waals surface area contributed by atoms with Crippen molar-refractivity contribution in [3.05, 3.63) is 52.7 Å². The zero-order chi connectivity index (χ0) is 15.0. The number of fused-ring (bicyclic) bond motifs is 1. The van der Waals surface area contributed by atoms with E-state index in [0.717, 1.165) is 23.6 Å². The second-order valence-electron chi connectivity index (χ2n) is 5.25. The average Bonchev–Trinajstić information content (AvgIpc) is 2.79. The fraction of sp³-hybridized carbons (Fsp3) is 0.400. The van der Waals surface area contributed by atoms with Crippen molar-refractivity contribution in [3.63, 3.8) is 0 Å². The van der Waals surface area contributed by atoms with Gasteiger partial charge in [-0.15, -0.1) is 0 Å². The molecular formula is C15H14F3NO2. The first-order valence-corrected chi connectivity index (χ1v) is 6.73. The molecule has 1 unspecified atom stereocenters. The van der Waals surface area contributed by atoms with Gasteiger partial charge in [-0.1, -0.05) is 12.1 Å². The Morgan fingerprint density at radius 3 is 2.62 bits per heavy atom. The predicted molar refractivity (Wildman–Crippen MR) is 68.8 cm³/mol. The minimum absolute atomic E-state index is 0.348. The molecule has 6 heteroatoms. The molecule has 1 aromatic carbocycles. The maximum atomic E-state index is 12.5. The van der Waals surface area contributed by atoms with Gasteiger partial charge in [-0.25, -0.2) is 4.98 Å². The van der Waals surface area contributed by atoms with Crippen molar-refractivity contribution in [2.75, 3.05) is 0 Å². The molecule has 1 N–H and O–H groups in total. The Kier molecular flexibility index (Phi) is 3.49. The van der Waals surface area contributed by atoms with Crippen LogP contribution in [0.4, 0.5) is 13.2 Å². The van der Waals surface area contributed by atoms with E-state index in [2.05, 4.69) is 4.98 Å². The molecule has 0 fully saturated rings. The Hall–Kier alpha value is -1.82. The lowest BCUT2D eigenvalue weighted by molar-refractivity contribution is -0.137. The van der Waals surface area contributed by atoms with Gasteiger partial charge in [0.05, 0.1) is 17.4 Å². The number of hydrogen-bond acceptors (Lipinski definition) is 3. The van der Waals surface area contributed by atoms with E-state index in [1.807, 2.05) is 0 Å². The monoisotopic (exact) mass is 297 g/mol. The van der Waals surface area contributed by atoms with Crippen LogP contribution in [0.3, 0.4) is 0 Å². The van der Waals surface area contributed by atoms with E-state index in [1.54, 1.807) is 0 Å². The molecule has 0 spiro atoms. The Morgan fingerprint density at radius 2 is 1.95 bits per heavy atom. The number of aryl methyl sites for hydroxylation is 1. The molecule has 1 heterocycles. The molecule has 1 aromatic heterocycles. The van der Waals surface area contributed by atoms with Gasteiger partial charge in [0.15, 0.2) is 5.89 Å². The van der Waals surface area contributed by atoms with Gasteiger partial charge >= 0.3 is 6.18 Å². The van der Waals surface area contributed by atoms with Gasteiger partial charge < -0.3 is 9.52 Å². The number of benzene rings is 1. The maximum absolute atomic E-state index is 12.5. The van der Waals surface area contributed by atoms with Crippen LogP contribution < -0.4 is 0 Å². The number of halogens is 3. The average molecular weight is 297 g/mol. The van der Waals surface area contributed by atoms with Gasteiger partial charge in [-0.3, -0.25) is 0 Å². The van der Waals surface area contributed by atoms with Crippen LogP contribution in [-0.4, -0.2) is 16.2 Å². The van der Waals surface area contributed by atoms with Crippen LogP contribution in [0, 0.1) is 0 Å². The number of nitrogens with zero attached hydrogens (tertiary/aromatic N) is 1. The Morgan fingerprint density at radius 1 is 1.24 bits per heavy atom. The summed E-state index contributed by atoms with van der Waals surface area (Å²) in [5.74, 6) is 1.26. The first kappa shape index (κ1) is 14.1. The van der Waals surface area contributed by atoms with Crippen LogP contribution >= 0.6 is 0 Å². The van der Waals surface area contributed by atoms with E-state index < -0.39 is 11.7 Å². The lowest BCUT2D eigenvalue weighted by Gasteiger charge is -2.13. The number of aliphatic hydroxyl groups is 1. The zero-order valence-electron chi connectivity index (χ0n) is 11.2. The van der Waals surface area contributed by atoms with Crippen LogP contribution in [0.5, 0.6) is 0 Å². The fourth-order valence-corrected chi connectivity index (χ4v) is 2.48. The Balaban J connectivity index is 1.75.